The number of nitrogen functional groups attached to an aromatic ring is 1. The molecule has 190 valence electrons. The lowest BCUT2D eigenvalue weighted by Gasteiger charge is -2.34. The summed E-state index contributed by atoms with van der Waals surface area (Å²) in [4.78, 5) is 13.6. The Morgan fingerprint density at radius 3 is 2.29 bits per heavy atom. The lowest BCUT2D eigenvalue weighted by atomic mass is 10.1. The molecule has 0 radical (unpaired) electrons. The summed E-state index contributed by atoms with van der Waals surface area (Å²) in [5, 5.41) is 26.6. The van der Waals surface area contributed by atoms with Gasteiger partial charge in [-0.25, -0.2) is 4.98 Å². The van der Waals surface area contributed by atoms with Crippen molar-refractivity contribution in [2.45, 2.75) is 45.3 Å². The topological polar surface area (TPSA) is 129 Å². The molecule has 1 atom stereocenters. The van der Waals surface area contributed by atoms with Gasteiger partial charge in [-0.15, -0.1) is 0 Å². The normalized spacial score (nSPS) is 16.1. The van der Waals surface area contributed by atoms with Crippen molar-refractivity contribution in [2.75, 3.05) is 57.0 Å². The number of benzene rings is 1. The Hall–Kier alpha value is -2.79. The van der Waals surface area contributed by atoms with E-state index in [4.69, 9.17) is 10.8 Å². The lowest BCUT2D eigenvalue weighted by Crippen LogP contribution is -2.46. The molecule has 35 heavy (non-hydrogen) atoms. The van der Waals surface area contributed by atoms with Crippen LogP contribution in [0.15, 0.2) is 30.5 Å². The standard InChI is InChI=1S/C25H38N8O2/c1-2-3-21(8-14-34)28-24-23-22(29-25(26)30-24)16-27-33(23)18-20-6-4-19(5-7-20)17-32-11-9-31(10-12-32)13-15-35/h4-7,16,21,34-35H,2-3,8-15,17-18H2,1H3,(H3,26,28,29,30)/t21-/m0/s1. The van der Waals surface area contributed by atoms with Gasteiger partial charge in [-0.1, -0.05) is 37.6 Å². The third-order valence-corrected chi connectivity index (χ3v) is 6.60. The molecule has 0 aliphatic carbocycles. The van der Waals surface area contributed by atoms with Crippen molar-refractivity contribution >= 4 is 22.8 Å². The minimum atomic E-state index is 0.107. The highest BCUT2D eigenvalue weighted by Crippen LogP contribution is 2.24. The van der Waals surface area contributed by atoms with Gasteiger partial charge >= 0.3 is 0 Å². The van der Waals surface area contributed by atoms with Crippen molar-refractivity contribution in [1.82, 2.24) is 29.5 Å². The first-order chi connectivity index (χ1) is 17.1. The van der Waals surface area contributed by atoms with E-state index in [2.05, 4.69) is 61.4 Å². The van der Waals surface area contributed by atoms with Gasteiger partial charge in [0.1, 0.15) is 11.0 Å². The number of aliphatic hydroxyl groups excluding tert-OH is 2. The number of hydrogen-bond donors (Lipinski definition) is 4. The zero-order valence-corrected chi connectivity index (χ0v) is 20.6. The summed E-state index contributed by atoms with van der Waals surface area (Å²) in [6, 6.07) is 8.79. The molecule has 4 rings (SSSR count). The molecule has 2 aromatic heterocycles. The third kappa shape index (κ3) is 6.66. The van der Waals surface area contributed by atoms with Crippen LogP contribution in [0, 0.1) is 0 Å². The first-order valence-corrected chi connectivity index (χ1v) is 12.6. The second-order valence-corrected chi connectivity index (χ2v) is 9.27. The monoisotopic (exact) mass is 482 g/mol. The minimum Gasteiger partial charge on any atom is -0.396 e. The molecule has 1 aliphatic heterocycles. The van der Waals surface area contributed by atoms with E-state index in [-0.39, 0.29) is 25.2 Å². The molecule has 0 unspecified atom stereocenters. The molecular weight excluding hydrogens is 444 g/mol. The van der Waals surface area contributed by atoms with Crippen molar-refractivity contribution in [3.8, 4) is 0 Å². The summed E-state index contributed by atoms with van der Waals surface area (Å²) < 4.78 is 1.91. The molecule has 1 fully saturated rings. The molecule has 0 saturated carbocycles. The number of fused-ring (bicyclic) bond motifs is 1. The van der Waals surface area contributed by atoms with Gasteiger partial charge in [0.15, 0.2) is 5.82 Å². The Balaban J connectivity index is 1.45. The molecule has 10 heteroatoms. The first kappa shape index (κ1) is 25.3. The van der Waals surface area contributed by atoms with Gasteiger partial charge in [0, 0.05) is 51.9 Å². The van der Waals surface area contributed by atoms with E-state index >= 15 is 0 Å². The van der Waals surface area contributed by atoms with Gasteiger partial charge in [0.05, 0.1) is 19.3 Å². The van der Waals surface area contributed by atoms with E-state index in [1.165, 1.54) is 5.56 Å². The van der Waals surface area contributed by atoms with Crippen LogP contribution in [-0.4, -0.2) is 91.7 Å². The van der Waals surface area contributed by atoms with Crippen molar-refractivity contribution in [1.29, 1.82) is 0 Å². The van der Waals surface area contributed by atoms with E-state index in [1.807, 2.05) is 4.68 Å². The SMILES string of the molecule is CCC[C@@H](CCO)Nc1nc(N)nc2cnn(Cc3ccc(CN4CCN(CCO)CC4)cc3)c12. The van der Waals surface area contributed by atoms with E-state index in [0.717, 1.165) is 63.2 Å². The summed E-state index contributed by atoms with van der Waals surface area (Å²) in [6.07, 6.45) is 4.30. The average molecular weight is 483 g/mol. The number of anilines is 2. The fourth-order valence-corrected chi connectivity index (χ4v) is 4.72. The van der Waals surface area contributed by atoms with E-state index in [1.54, 1.807) is 6.20 Å². The highest BCUT2D eigenvalue weighted by atomic mass is 16.3. The highest BCUT2D eigenvalue weighted by Gasteiger charge is 2.18. The van der Waals surface area contributed by atoms with Gasteiger partial charge < -0.3 is 21.3 Å². The van der Waals surface area contributed by atoms with Crippen LogP contribution in [0.2, 0.25) is 0 Å². The zero-order valence-electron chi connectivity index (χ0n) is 20.6. The number of aliphatic hydroxyl groups is 2. The first-order valence-electron chi connectivity index (χ1n) is 12.6. The molecule has 0 amide bonds. The van der Waals surface area contributed by atoms with Crippen molar-refractivity contribution in [3.05, 3.63) is 41.6 Å². The van der Waals surface area contributed by atoms with E-state index in [9.17, 15) is 5.11 Å². The predicted molar refractivity (Wildman–Crippen MR) is 138 cm³/mol. The molecule has 0 spiro atoms. The Kier molecular flexibility index (Phi) is 8.86. The number of piperazine rings is 1. The van der Waals surface area contributed by atoms with Crippen LogP contribution in [0.25, 0.3) is 11.0 Å². The molecule has 3 heterocycles. The van der Waals surface area contributed by atoms with Crippen LogP contribution >= 0.6 is 0 Å². The number of nitrogens with one attached hydrogen (secondary N) is 1. The quantitative estimate of drug-likeness (QED) is 0.304. The Morgan fingerprint density at radius 1 is 0.943 bits per heavy atom. The van der Waals surface area contributed by atoms with Gasteiger partial charge in [0.25, 0.3) is 0 Å². The van der Waals surface area contributed by atoms with Crippen molar-refractivity contribution in [2.24, 2.45) is 0 Å². The maximum atomic E-state index is 9.45. The molecule has 0 bridgehead atoms. The van der Waals surface area contributed by atoms with Gasteiger partial charge in [-0.3, -0.25) is 14.5 Å². The molecule has 5 N–H and O–H groups in total. The van der Waals surface area contributed by atoms with Crippen LogP contribution in [0.3, 0.4) is 0 Å². The summed E-state index contributed by atoms with van der Waals surface area (Å²) in [7, 11) is 0. The van der Waals surface area contributed by atoms with Crippen LogP contribution in [0.1, 0.15) is 37.3 Å². The molecule has 1 aliphatic rings. The average Bonchev–Trinajstić information content (AvgIpc) is 3.24. The second kappa shape index (κ2) is 12.3. The molecule has 1 saturated heterocycles. The molecule has 10 nitrogen and oxygen atoms in total. The zero-order chi connectivity index (χ0) is 24.6. The summed E-state index contributed by atoms with van der Waals surface area (Å²) in [5.74, 6) is 0.870. The highest BCUT2D eigenvalue weighted by molar-refractivity contribution is 5.86. The fraction of sp³-hybridized carbons (Fsp3) is 0.560. The van der Waals surface area contributed by atoms with Gasteiger partial charge in [-0.05, 0) is 24.0 Å². The Morgan fingerprint density at radius 2 is 1.63 bits per heavy atom. The Labute approximate surface area is 206 Å². The second-order valence-electron chi connectivity index (χ2n) is 9.27. The van der Waals surface area contributed by atoms with Crippen LogP contribution < -0.4 is 11.1 Å². The number of rotatable bonds is 12. The van der Waals surface area contributed by atoms with Crippen molar-refractivity contribution < 1.29 is 10.2 Å². The van der Waals surface area contributed by atoms with Crippen LogP contribution in [0.4, 0.5) is 11.8 Å². The predicted octanol–water partition coefficient (Wildman–Crippen LogP) is 1.53. The summed E-state index contributed by atoms with van der Waals surface area (Å²) >= 11 is 0. The van der Waals surface area contributed by atoms with E-state index < -0.39 is 0 Å². The number of nitrogens with two attached hydrogens (primary N) is 1. The molecular formula is C25H38N8O2. The molecule has 1 aromatic carbocycles. The number of hydrogen-bond acceptors (Lipinski definition) is 9. The molecule has 3 aromatic rings. The summed E-state index contributed by atoms with van der Waals surface area (Å²) in [5.41, 5.74) is 9.93. The minimum absolute atomic E-state index is 0.107. The Bertz CT molecular complexity index is 1060. The number of nitrogens with zero attached hydrogens (tertiary/aromatic N) is 6. The maximum Gasteiger partial charge on any atom is 0.222 e. The smallest absolute Gasteiger partial charge is 0.222 e. The van der Waals surface area contributed by atoms with Gasteiger partial charge in [0.2, 0.25) is 5.95 Å². The van der Waals surface area contributed by atoms with Crippen molar-refractivity contribution in [3.63, 3.8) is 0 Å². The third-order valence-electron chi connectivity index (χ3n) is 6.60. The largest absolute Gasteiger partial charge is 0.396 e. The summed E-state index contributed by atoms with van der Waals surface area (Å²) in [6.45, 7) is 8.83. The number of β-amino-alcohol motifs (C(OH)–C–C–N with tert-alkyl or cyclic N) is 1. The number of aromatic nitrogens is 4. The van der Waals surface area contributed by atoms with Crippen LogP contribution in [0.5, 0.6) is 0 Å². The fourth-order valence-electron chi connectivity index (χ4n) is 4.72. The van der Waals surface area contributed by atoms with E-state index in [0.29, 0.717) is 24.3 Å². The lowest BCUT2D eigenvalue weighted by molar-refractivity contribution is 0.108. The van der Waals surface area contributed by atoms with Gasteiger partial charge in [-0.2, -0.15) is 10.1 Å². The van der Waals surface area contributed by atoms with Crippen LogP contribution in [-0.2, 0) is 13.1 Å². The maximum absolute atomic E-state index is 9.45.